The van der Waals surface area contributed by atoms with E-state index in [9.17, 15) is 0 Å². The van der Waals surface area contributed by atoms with Gasteiger partial charge in [0, 0.05) is 5.54 Å². The second-order valence-electron chi connectivity index (χ2n) is 6.88. The van der Waals surface area contributed by atoms with Crippen molar-refractivity contribution in [1.29, 1.82) is 0 Å². The summed E-state index contributed by atoms with van der Waals surface area (Å²) in [6.45, 7) is 9.00. The minimum absolute atomic E-state index is 0.0176. The highest BCUT2D eigenvalue weighted by molar-refractivity contribution is 5.30. The summed E-state index contributed by atoms with van der Waals surface area (Å²) in [4.78, 5) is 0. The molecule has 0 bridgehead atoms. The van der Waals surface area contributed by atoms with Crippen LogP contribution in [-0.2, 0) is 6.42 Å². The fraction of sp³-hybridized carbons (Fsp3) is 0.625. The second kappa shape index (κ2) is 4.13. The molecule has 1 aromatic rings. The lowest BCUT2D eigenvalue weighted by molar-refractivity contribution is 0.334. The Kier molecular flexibility index (Phi) is 3.07. The lowest BCUT2D eigenvalue weighted by Crippen LogP contribution is -2.40. The number of hydrogen-bond donors (Lipinski definition) is 1. The molecule has 0 aromatic heterocycles. The summed E-state index contributed by atoms with van der Waals surface area (Å²) in [5, 5.41) is 0. The molecular weight excluding hydrogens is 206 g/mol. The van der Waals surface area contributed by atoms with E-state index in [0.29, 0.717) is 5.41 Å². The minimum Gasteiger partial charge on any atom is -0.325 e. The molecule has 1 nitrogen and oxygen atoms in total. The van der Waals surface area contributed by atoms with E-state index in [4.69, 9.17) is 5.73 Å². The highest BCUT2D eigenvalue weighted by Crippen LogP contribution is 2.43. The molecule has 94 valence electrons. The van der Waals surface area contributed by atoms with Gasteiger partial charge in [-0.3, -0.25) is 0 Å². The highest BCUT2D eigenvalue weighted by Gasteiger charge is 2.40. The third-order valence-corrected chi connectivity index (χ3v) is 3.97. The fourth-order valence-electron chi connectivity index (χ4n) is 3.45. The van der Waals surface area contributed by atoms with Crippen LogP contribution >= 0.6 is 0 Å². The minimum atomic E-state index is 0.0176. The Balaban J connectivity index is 2.16. The summed E-state index contributed by atoms with van der Waals surface area (Å²) in [6.07, 6.45) is 4.59. The molecule has 1 atom stereocenters. The molecule has 1 saturated carbocycles. The van der Waals surface area contributed by atoms with Crippen LogP contribution in [0, 0.1) is 19.3 Å². The van der Waals surface area contributed by atoms with Gasteiger partial charge in [0.1, 0.15) is 0 Å². The average molecular weight is 231 g/mol. The quantitative estimate of drug-likeness (QED) is 0.824. The maximum atomic E-state index is 6.57. The van der Waals surface area contributed by atoms with Gasteiger partial charge in [-0.1, -0.05) is 43.2 Å². The van der Waals surface area contributed by atoms with Crippen LogP contribution in [0.25, 0.3) is 0 Å². The monoisotopic (exact) mass is 231 g/mol. The van der Waals surface area contributed by atoms with E-state index in [2.05, 4.69) is 45.9 Å². The van der Waals surface area contributed by atoms with E-state index < -0.39 is 0 Å². The first-order valence-corrected chi connectivity index (χ1v) is 6.64. The fourth-order valence-corrected chi connectivity index (χ4v) is 3.45. The molecule has 1 heteroatoms. The standard InChI is InChI=1S/C16H25N/c1-12-7-13(2)9-14(8-12)10-16(17)6-5-15(3,4)11-16/h7-9H,5-6,10-11,17H2,1-4H3. The SMILES string of the molecule is Cc1cc(C)cc(CC2(N)CCC(C)(C)C2)c1. The Hall–Kier alpha value is -0.820. The maximum Gasteiger partial charge on any atom is 0.0200 e. The van der Waals surface area contributed by atoms with Gasteiger partial charge in [0.25, 0.3) is 0 Å². The summed E-state index contributed by atoms with van der Waals surface area (Å²) >= 11 is 0. The second-order valence-corrected chi connectivity index (χ2v) is 6.88. The van der Waals surface area contributed by atoms with Crippen LogP contribution in [0.4, 0.5) is 0 Å². The van der Waals surface area contributed by atoms with E-state index in [-0.39, 0.29) is 5.54 Å². The van der Waals surface area contributed by atoms with Gasteiger partial charge >= 0.3 is 0 Å². The van der Waals surface area contributed by atoms with Crippen molar-refractivity contribution >= 4 is 0 Å². The molecule has 2 N–H and O–H groups in total. The van der Waals surface area contributed by atoms with Gasteiger partial charge in [-0.15, -0.1) is 0 Å². The van der Waals surface area contributed by atoms with E-state index in [0.717, 1.165) is 19.3 Å². The van der Waals surface area contributed by atoms with E-state index >= 15 is 0 Å². The molecule has 0 radical (unpaired) electrons. The third-order valence-electron chi connectivity index (χ3n) is 3.97. The topological polar surface area (TPSA) is 26.0 Å². The van der Waals surface area contributed by atoms with Gasteiger partial charge in [0.15, 0.2) is 0 Å². The molecule has 1 aliphatic carbocycles. The third kappa shape index (κ3) is 3.10. The van der Waals surface area contributed by atoms with Crippen LogP contribution in [0.5, 0.6) is 0 Å². The molecule has 0 heterocycles. The van der Waals surface area contributed by atoms with Crippen molar-refractivity contribution in [1.82, 2.24) is 0 Å². The zero-order valence-electron chi connectivity index (χ0n) is 11.6. The zero-order valence-corrected chi connectivity index (χ0v) is 11.6. The molecule has 17 heavy (non-hydrogen) atoms. The van der Waals surface area contributed by atoms with Gasteiger partial charge in [-0.25, -0.2) is 0 Å². The number of rotatable bonds is 2. The Labute approximate surface area is 105 Å². The zero-order chi connectivity index (χ0) is 12.7. The molecule has 0 saturated heterocycles. The van der Waals surface area contributed by atoms with Crippen molar-refractivity contribution in [2.75, 3.05) is 0 Å². The van der Waals surface area contributed by atoms with Crippen LogP contribution in [0.3, 0.4) is 0 Å². The summed E-state index contributed by atoms with van der Waals surface area (Å²) < 4.78 is 0. The van der Waals surface area contributed by atoms with E-state index in [1.807, 2.05) is 0 Å². The van der Waals surface area contributed by atoms with Crippen molar-refractivity contribution in [3.05, 3.63) is 34.9 Å². The maximum absolute atomic E-state index is 6.57. The number of aryl methyl sites for hydroxylation is 2. The number of hydrogen-bond acceptors (Lipinski definition) is 1. The number of nitrogens with two attached hydrogens (primary N) is 1. The smallest absolute Gasteiger partial charge is 0.0200 e. The summed E-state index contributed by atoms with van der Waals surface area (Å²) in [5.74, 6) is 0. The van der Waals surface area contributed by atoms with Crippen molar-refractivity contribution < 1.29 is 0 Å². The van der Waals surface area contributed by atoms with Crippen LogP contribution < -0.4 is 5.73 Å². The predicted molar refractivity (Wildman–Crippen MR) is 74.2 cm³/mol. The molecule has 1 aliphatic rings. The average Bonchev–Trinajstić information content (AvgIpc) is 2.37. The van der Waals surface area contributed by atoms with Crippen molar-refractivity contribution in [3.63, 3.8) is 0 Å². The van der Waals surface area contributed by atoms with E-state index in [1.54, 1.807) is 0 Å². The van der Waals surface area contributed by atoms with Crippen LogP contribution in [0.15, 0.2) is 18.2 Å². The first-order valence-electron chi connectivity index (χ1n) is 6.64. The normalized spacial score (nSPS) is 27.4. The Morgan fingerprint density at radius 2 is 1.65 bits per heavy atom. The first-order chi connectivity index (χ1) is 7.78. The molecule has 0 aliphatic heterocycles. The van der Waals surface area contributed by atoms with Crippen molar-refractivity contribution in [3.8, 4) is 0 Å². The van der Waals surface area contributed by atoms with E-state index in [1.165, 1.54) is 23.1 Å². The van der Waals surface area contributed by atoms with Gasteiger partial charge in [-0.05, 0) is 50.5 Å². The molecule has 1 unspecified atom stereocenters. The molecule has 2 rings (SSSR count). The largest absolute Gasteiger partial charge is 0.325 e. The molecule has 1 fully saturated rings. The first kappa shape index (κ1) is 12.6. The van der Waals surface area contributed by atoms with Crippen molar-refractivity contribution in [2.24, 2.45) is 11.1 Å². The summed E-state index contributed by atoms with van der Waals surface area (Å²) in [5.41, 5.74) is 11.1. The molecule has 0 spiro atoms. The highest BCUT2D eigenvalue weighted by atomic mass is 14.8. The van der Waals surface area contributed by atoms with Gasteiger partial charge in [-0.2, -0.15) is 0 Å². The summed E-state index contributed by atoms with van der Waals surface area (Å²) in [6, 6.07) is 6.80. The van der Waals surface area contributed by atoms with Crippen LogP contribution in [0.1, 0.15) is 49.8 Å². The molecule has 0 amide bonds. The van der Waals surface area contributed by atoms with Gasteiger partial charge in [0.2, 0.25) is 0 Å². The van der Waals surface area contributed by atoms with Gasteiger partial charge < -0.3 is 5.73 Å². The Morgan fingerprint density at radius 3 is 2.12 bits per heavy atom. The van der Waals surface area contributed by atoms with Crippen molar-refractivity contribution in [2.45, 2.75) is 58.9 Å². The van der Waals surface area contributed by atoms with Crippen LogP contribution in [0.2, 0.25) is 0 Å². The molecule has 1 aromatic carbocycles. The lowest BCUT2D eigenvalue weighted by atomic mass is 9.84. The lowest BCUT2D eigenvalue weighted by Gasteiger charge is -2.27. The summed E-state index contributed by atoms with van der Waals surface area (Å²) in [7, 11) is 0. The predicted octanol–water partition coefficient (Wildman–Crippen LogP) is 3.75. The van der Waals surface area contributed by atoms with Gasteiger partial charge in [0.05, 0.1) is 0 Å². The Bertz CT molecular complexity index is 399. The molecular formula is C16H25N. The Morgan fingerprint density at radius 1 is 1.06 bits per heavy atom. The van der Waals surface area contributed by atoms with Crippen LogP contribution in [-0.4, -0.2) is 5.54 Å². The number of benzene rings is 1.